The van der Waals surface area contributed by atoms with E-state index < -0.39 is 11.4 Å². The molecule has 1 aliphatic rings. The average Bonchev–Trinajstić information content (AvgIpc) is 3.32. The van der Waals surface area contributed by atoms with Crippen molar-refractivity contribution in [3.8, 4) is 11.8 Å². The van der Waals surface area contributed by atoms with Gasteiger partial charge in [0.2, 0.25) is 0 Å². The number of carbonyl (C=O) groups is 1. The summed E-state index contributed by atoms with van der Waals surface area (Å²) in [6.45, 7) is 1.94. The minimum atomic E-state index is -0.991. The number of aromatic nitrogens is 2. The lowest BCUT2D eigenvalue weighted by atomic mass is 9.89. The summed E-state index contributed by atoms with van der Waals surface area (Å²) in [4.78, 5) is 20.2. The molecule has 1 aromatic carbocycles. The Labute approximate surface area is 134 Å². The van der Waals surface area contributed by atoms with Crippen LogP contribution in [0, 0.1) is 6.92 Å². The fraction of sp³-hybridized carbons (Fsp3) is 0.353. The number of carboxylic acids is 1. The molecule has 1 saturated carbocycles. The molecule has 0 saturated heterocycles. The van der Waals surface area contributed by atoms with Gasteiger partial charge in [-0.3, -0.25) is 4.79 Å². The van der Waals surface area contributed by atoms with Crippen LogP contribution in [-0.4, -0.2) is 35.3 Å². The third-order valence-electron chi connectivity index (χ3n) is 4.41. The Kier molecular flexibility index (Phi) is 3.67. The van der Waals surface area contributed by atoms with E-state index in [0.717, 1.165) is 11.1 Å². The lowest BCUT2D eigenvalue weighted by Crippen LogP contribution is -2.23. The first kappa shape index (κ1) is 15.3. The minimum absolute atomic E-state index is 0.179. The molecule has 1 N–H and O–H groups in total. The van der Waals surface area contributed by atoms with Crippen LogP contribution < -0.4 is 9.47 Å². The largest absolute Gasteiger partial charge is 0.496 e. The molecule has 1 aromatic heterocycles. The van der Waals surface area contributed by atoms with Crippen LogP contribution in [0.25, 0.3) is 0 Å². The fourth-order valence-electron chi connectivity index (χ4n) is 3.10. The molecule has 1 heterocycles. The van der Waals surface area contributed by atoms with Gasteiger partial charge in [0.05, 0.1) is 14.2 Å². The quantitative estimate of drug-likeness (QED) is 0.912. The standard InChI is InChI=1S/C17H18N2O4/c1-10-4-5-14(22-2)12(6-10)17(15(20)21)7-13(17)11-8-18-16(23-3)19-9-11/h4-6,8-9,13H,7H2,1-3H3,(H,20,21)/t13-,17-/m0/s1. The molecule has 0 radical (unpaired) electrons. The maximum Gasteiger partial charge on any atom is 0.316 e. The van der Waals surface area contributed by atoms with Crippen molar-refractivity contribution in [3.05, 3.63) is 47.3 Å². The molecule has 0 bridgehead atoms. The highest BCUT2D eigenvalue weighted by molar-refractivity contribution is 5.89. The second-order valence-corrected chi connectivity index (χ2v) is 5.74. The van der Waals surface area contributed by atoms with Crippen LogP contribution in [0.3, 0.4) is 0 Å². The van der Waals surface area contributed by atoms with Crippen LogP contribution in [0.4, 0.5) is 0 Å². The Balaban J connectivity index is 2.03. The van der Waals surface area contributed by atoms with Crippen LogP contribution in [0.5, 0.6) is 11.8 Å². The summed E-state index contributed by atoms with van der Waals surface area (Å²) in [6.07, 6.45) is 3.75. The number of nitrogens with zero attached hydrogens (tertiary/aromatic N) is 2. The first-order chi connectivity index (χ1) is 11.0. The third kappa shape index (κ3) is 2.40. The molecular formula is C17H18N2O4. The molecule has 3 rings (SSSR count). The fourth-order valence-corrected chi connectivity index (χ4v) is 3.10. The van der Waals surface area contributed by atoms with Crippen LogP contribution in [0.1, 0.15) is 29.0 Å². The van der Waals surface area contributed by atoms with Crippen LogP contribution in [-0.2, 0) is 10.2 Å². The van der Waals surface area contributed by atoms with Gasteiger partial charge in [-0.05, 0) is 25.0 Å². The molecule has 2 atom stereocenters. The maximum atomic E-state index is 12.0. The number of methoxy groups -OCH3 is 2. The molecule has 1 aliphatic carbocycles. The summed E-state index contributed by atoms with van der Waals surface area (Å²) >= 11 is 0. The van der Waals surface area contributed by atoms with Crippen molar-refractivity contribution in [2.24, 2.45) is 0 Å². The smallest absolute Gasteiger partial charge is 0.316 e. The molecule has 0 unspecified atom stereocenters. The predicted molar refractivity (Wildman–Crippen MR) is 83.0 cm³/mol. The highest BCUT2D eigenvalue weighted by atomic mass is 16.5. The van der Waals surface area contributed by atoms with Crippen molar-refractivity contribution >= 4 is 5.97 Å². The monoisotopic (exact) mass is 314 g/mol. The lowest BCUT2D eigenvalue weighted by Gasteiger charge is -2.17. The number of benzene rings is 1. The van der Waals surface area contributed by atoms with Gasteiger partial charge in [0.1, 0.15) is 11.2 Å². The number of hydrogen-bond acceptors (Lipinski definition) is 5. The number of carboxylic acid groups (broad SMARTS) is 1. The first-order valence-corrected chi connectivity index (χ1v) is 7.27. The van der Waals surface area contributed by atoms with E-state index in [1.807, 2.05) is 25.1 Å². The van der Waals surface area contributed by atoms with Gasteiger partial charge in [-0.25, -0.2) is 9.97 Å². The Bertz CT molecular complexity index is 745. The van der Waals surface area contributed by atoms with Gasteiger partial charge in [0.25, 0.3) is 0 Å². The highest BCUT2D eigenvalue weighted by Crippen LogP contribution is 2.62. The van der Waals surface area contributed by atoms with E-state index in [4.69, 9.17) is 9.47 Å². The molecule has 0 amide bonds. The second-order valence-electron chi connectivity index (χ2n) is 5.74. The summed E-state index contributed by atoms with van der Waals surface area (Å²) in [5, 5.41) is 9.88. The summed E-state index contributed by atoms with van der Waals surface area (Å²) in [6, 6.07) is 5.88. The summed E-state index contributed by atoms with van der Waals surface area (Å²) in [7, 11) is 3.04. The van der Waals surface area contributed by atoms with E-state index in [9.17, 15) is 9.90 Å². The van der Waals surface area contributed by atoms with Gasteiger partial charge >= 0.3 is 12.0 Å². The highest BCUT2D eigenvalue weighted by Gasteiger charge is 2.63. The Morgan fingerprint density at radius 3 is 2.52 bits per heavy atom. The van der Waals surface area contributed by atoms with Crippen molar-refractivity contribution in [3.63, 3.8) is 0 Å². The first-order valence-electron chi connectivity index (χ1n) is 7.27. The SMILES string of the molecule is COc1ncc([C@@H]2C[C@]2(C(=O)O)c2cc(C)ccc2OC)cn1. The van der Waals surface area contributed by atoms with E-state index in [2.05, 4.69) is 9.97 Å². The number of rotatable bonds is 5. The van der Waals surface area contributed by atoms with E-state index >= 15 is 0 Å². The molecule has 0 spiro atoms. The summed E-state index contributed by atoms with van der Waals surface area (Å²) in [5.41, 5.74) is 1.50. The normalized spacial score (nSPS) is 22.5. The molecule has 2 aromatic rings. The van der Waals surface area contributed by atoms with Gasteiger partial charge in [-0.1, -0.05) is 17.7 Å². The van der Waals surface area contributed by atoms with Crippen LogP contribution >= 0.6 is 0 Å². The van der Waals surface area contributed by atoms with Crippen molar-refractivity contribution < 1.29 is 19.4 Å². The zero-order chi connectivity index (χ0) is 16.6. The molecule has 0 aliphatic heterocycles. The van der Waals surface area contributed by atoms with Crippen LogP contribution in [0.15, 0.2) is 30.6 Å². The predicted octanol–water partition coefficient (Wildman–Crippen LogP) is 2.31. The molecular weight excluding hydrogens is 296 g/mol. The van der Waals surface area contributed by atoms with Gasteiger partial charge in [0, 0.05) is 23.9 Å². The van der Waals surface area contributed by atoms with Crippen molar-refractivity contribution in [1.29, 1.82) is 0 Å². The van der Waals surface area contributed by atoms with Crippen molar-refractivity contribution in [2.75, 3.05) is 14.2 Å². The maximum absolute atomic E-state index is 12.0. The number of aryl methyl sites for hydroxylation is 1. The lowest BCUT2D eigenvalue weighted by molar-refractivity contribution is -0.140. The summed E-state index contributed by atoms with van der Waals surface area (Å²) in [5.74, 6) is -0.446. The zero-order valence-corrected chi connectivity index (χ0v) is 13.2. The Morgan fingerprint density at radius 2 is 1.96 bits per heavy atom. The van der Waals surface area contributed by atoms with E-state index in [1.54, 1.807) is 19.5 Å². The topological polar surface area (TPSA) is 81.5 Å². The Morgan fingerprint density at radius 1 is 1.26 bits per heavy atom. The molecule has 1 fully saturated rings. The summed E-state index contributed by atoms with van der Waals surface area (Å²) < 4.78 is 10.3. The van der Waals surface area contributed by atoms with Crippen LogP contribution in [0.2, 0.25) is 0 Å². The van der Waals surface area contributed by atoms with Crippen molar-refractivity contribution in [1.82, 2.24) is 9.97 Å². The van der Waals surface area contributed by atoms with Crippen molar-refractivity contribution in [2.45, 2.75) is 24.7 Å². The third-order valence-corrected chi connectivity index (χ3v) is 4.41. The molecule has 23 heavy (non-hydrogen) atoms. The molecule has 6 heteroatoms. The zero-order valence-electron chi connectivity index (χ0n) is 13.2. The number of ether oxygens (including phenoxy) is 2. The van der Waals surface area contributed by atoms with E-state index in [0.29, 0.717) is 17.7 Å². The number of hydrogen-bond donors (Lipinski definition) is 1. The van der Waals surface area contributed by atoms with E-state index in [1.165, 1.54) is 7.11 Å². The number of aliphatic carboxylic acids is 1. The Hall–Kier alpha value is -2.63. The molecule has 6 nitrogen and oxygen atoms in total. The second kappa shape index (κ2) is 5.53. The van der Waals surface area contributed by atoms with Gasteiger partial charge in [0.15, 0.2) is 0 Å². The minimum Gasteiger partial charge on any atom is -0.496 e. The van der Waals surface area contributed by atoms with Gasteiger partial charge in [-0.15, -0.1) is 0 Å². The average molecular weight is 314 g/mol. The molecule has 120 valence electrons. The van der Waals surface area contributed by atoms with E-state index in [-0.39, 0.29) is 11.9 Å². The van der Waals surface area contributed by atoms with Gasteiger partial charge < -0.3 is 14.6 Å². The van der Waals surface area contributed by atoms with Gasteiger partial charge in [-0.2, -0.15) is 0 Å².